The van der Waals surface area contributed by atoms with Gasteiger partial charge in [0.25, 0.3) is 0 Å². The van der Waals surface area contributed by atoms with Crippen molar-refractivity contribution in [2.24, 2.45) is 5.10 Å². The van der Waals surface area contributed by atoms with Gasteiger partial charge in [-0.05, 0) is 18.9 Å². The molecule has 0 unspecified atom stereocenters. The number of hydrazone groups is 1. The zero-order chi connectivity index (χ0) is 13.7. The highest BCUT2D eigenvalue weighted by molar-refractivity contribution is 6.05. The van der Waals surface area contributed by atoms with Crippen molar-refractivity contribution in [3.05, 3.63) is 35.4 Å². The molecule has 0 atom stereocenters. The Balaban J connectivity index is 1.94. The van der Waals surface area contributed by atoms with E-state index in [9.17, 15) is 4.79 Å². The molecule has 102 valence electrons. The van der Waals surface area contributed by atoms with Crippen molar-refractivity contribution < 1.29 is 9.53 Å². The minimum Gasteiger partial charge on any atom is -0.385 e. The Hall–Kier alpha value is -1.68. The van der Waals surface area contributed by atoms with Crippen LogP contribution in [-0.2, 0) is 16.0 Å². The number of hydrogen-bond donors (Lipinski definition) is 0. The molecular weight excluding hydrogens is 240 g/mol. The lowest BCUT2D eigenvalue weighted by atomic mass is 10.0. The van der Waals surface area contributed by atoms with Crippen LogP contribution in [0.15, 0.2) is 29.4 Å². The maximum atomic E-state index is 11.8. The minimum absolute atomic E-state index is 0.0961. The fourth-order valence-corrected chi connectivity index (χ4v) is 2.22. The molecule has 0 saturated heterocycles. The summed E-state index contributed by atoms with van der Waals surface area (Å²) in [5, 5.41) is 5.98. The van der Waals surface area contributed by atoms with Gasteiger partial charge in [0.15, 0.2) is 0 Å². The molecule has 0 radical (unpaired) electrons. The Morgan fingerprint density at radius 1 is 1.42 bits per heavy atom. The van der Waals surface area contributed by atoms with Gasteiger partial charge in [-0.3, -0.25) is 4.79 Å². The van der Waals surface area contributed by atoms with E-state index in [1.165, 1.54) is 11.1 Å². The highest BCUT2D eigenvalue weighted by Gasteiger charge is 2.23. The molecule has 0 saturated carbocycles. The summed E-state index contributed by atoms with van der Waals surface area (Å²) in [5.74, 6) is 0.0961. The first-order valence-electron chi connectivity index (χ1n) is 6.60. The first-order valence-corrected chi connectivity index (χ1v) is 6.60. The highest BCUT2D eigenvalue weighted by atomic mass is 16.5. The van der Waals surface area contributed by atoms with Gasteiger partial charge in [-0.2, -0.15) is 5.10 Å². The van der Waals surface area contributed by atoms with Gasteiger partial charge < -0.3 is 4.74 Å². The number of carbonyl (C=O) groups is 1. The van der Waals surface area contributed by atoms with Crippen LogP contribution in [0.3, 0.4) is 0 Å². The van der Waals surface area contributed by atoms with Crippen molar-refractivity contribution in [1.29, 1.82) is 0 Å². The van der Waals surface area contributed by atoms with E-state index < -0.39 is 0 Å². The molecular formula is C15H20N2O2. The second-order valence-corrected chi connectivity index (χ2v) is 4.87. The third kappa shape index (κ3) is 3.89. The third-order valence-electron chi connectivity index (χ3n) is 3.11. The maximum absolute atomic E-state index is 11.8. The van der Waals surface area contributed by atoms with Crippen LogP contribution in [0.4, 0.5) is 0 Å². The summed E-state index contributed by atoms with van der Waals surface area (Å²) in [7, 11) is 1.66. The van der Waals surface area contributed by atoms with Crippen LogP contribution in [0.1, 0.15) is 24.0 Å². The summed E-state index contributed by atoms with van der Waals surface area (Å²) >= 11 is 0. The van der Waals surface area contributed by atoms with E-state index in [0.29, 0.717) is 19.6 Å². The average molecular weight is 260 g/mol. The highest BCUT2D eigenvalue weighted by Crippen LogP contribution is 2.14. The van der Waals surface area contributed by atoms with Gasteiger partial charge >= 0.3 is 0 Å². The predicted molar refractivity (Wildman–Crippen MR) is 75.1 cm³/mol. The Bertz CT molecular complexity index is 483. The molecule has 1 aliphatic rings. The molecule has 0 aromatic heterocycles. The lowest BCUT2D eigenvalue weighted by Crippen LogP contribution is -2.22. The van der Waals surface area contributed by atoms with Crippen LogP contribution >= 0.6 is 0 Å². The SMILES string of the molecule is COCCCN1N=C(Cc2cccc(C)c2)CC1=O. The fourth-order valence-electron chi connectivity index (χ4n) is 2.22. The molecule has 19 heavy (non-hydrogen) atoms. The van der Waals surface area contributed by atoms with Gasteiger partial charge in [0.1, 0.15) is 0 Å². The number of ether oxygens (including phenoxy) is 1. The van der Waals surface area contributed by atoms with Gasteiger partial charge in [0.2, 0.25) is 5.91 Å². The van der Waals surface area contributed by atoms with Crippen LogP contribution in [0.5, 0.6) is 0 Å². The Kier molecular flexibility index (Phi) is 4.68. The van der Waals surface area contributed by atoms with E-state index >= 15 is 0 Å². The number of nitrogens with zero attached hydrogens (tertiary/aromatic N) is 2. The van der Waals surface area contributed by atoms with Gasteiger partial charge in [-0.25, -0.2) is 5.01 Å². The Labute approximate surface area is 114 Å². The van der Waals surface area contributed by atoms with E-state index in [1.807, 2.05) is 6.07 Å². The van der Waals surface area contributed by atoms with E-state index in [-0.39, 0.29) is 5.91 Å². The summed E-state index contributed by atoms with van der Waals surface area (Å²) in [6.45, 7) is 3.37. The lowest BCUT2D eigenvalue weighted by Gasteiger charge is -2.10. The van der Waals surface area contributed by atoms with Crippen molar-refractivity contribution in [1.82, 2.24) is 5.01 Å². The first kappa shape index (κ1) is 13.7. The standard InChI is InChI=1S/C15H20N2O2/c1-12-5-3-6-13(9-12)10-14-11-15(18)17(16-14)7-4-8-19-2/h3,5-6,9H,4,7-8,10-11H2,1-2H3. The molecule has 2 rings (SSSR count). The van der Waals surface area contributed by atoms with Crippen LogP contribution in [0, 0.1) is 6.92 Å². The zero-order valence-corrected chi connectivity index (χ0v) is 11.6. The molecule has 0 bridgehead atoms. The summed E-state index contributed by atoms with van der Waals surface area (Å²) in [4.78, 5) is 11.8. The summed E-state index contributed by atoms with van der Waals surface area (Å²) in [5.41, 5.74) is 3.40. The van der Waals surface area contributed by atoms with Gasteiger partial charge in [0.05, 0.1) is 12.1 Å². The quantitative estimate of drug-likeness (QED) is 0.736. The maximum Gasteiger partial charge on any atom is 0.248 e. The lowest BCUT2D eigenvalue weighted by molar-refractivity contribution is -0.128. The van der Waals surface area contributed by atoms with Gasteiger partial charge in [-0.1, -0.05) is 29.8 Å². The molecule has 4 nitrogen and oxygen atoms in total. The van der Waals surface area contributed by atoms with Crippen molar-refractivity contribution in [2.45, 2.75) is 26.2 Å². The monoisotopic (exact) mass is 260 g/mol. The average Bonchev–Trinajstić information content (AvgIpc) is 2.70. The smallest absolute Gasteiger partial charge is 0.248 e. The molecule has 1 aliphatic heterocycles. The van der Waals surface area contributed by atoms with E-state index in [1.54, 1.807) is 12.1 Å². The van der Waals surface area contributed by atoms with Crippen molar-refractivity contribution in [2.75, 3.05) is 20.3 Å². The fraction of sp³-hybridized carbons (Fsp3) is 0.467. The van der Waals surface area contributed by atoms with Gasteiger partial charge in [-0.15, -0.1) is 0 Å². The first-order chi connectivity index (χ1) is 9.19. The number of benzene rings is 1. The van der Waals surface area contributed by atoms with Crippen LogP contribution in [0.25, 0.3) is 0 Å². The Morgan fingerprint density at radius 2 is 2.26 bits per heavy atom. The van der Waals surface area contributed by atoms with E-state index in [2.05, 4.69) is 30.2 Å². The second kappa shape index (κ2) is 6.48. The van der Waals surface area contributed by atoms with Crippen LogP contribution in [-0.4, -0.2) is 36.9 Å². The summed E-state index contributed by atoms with van der Waals surface area (Å²) < 4.78 is 4.99. The second-order valence-electron chi connectivity index (χ2n) is 4.87. The summed E-state index contributed by atoms with van der Waals surface area (Å²) in [6.07, 6.45) is 2.03. The van der Waals surface area contributed by atoms with Crippen molar-refractivity contribution >= 4 is 11.6 Å². The minimum atomic E-state index is 0.0961. The molecule has 1 amide bonds. The molecule has 0 aliphatic carbocycles. The topological polar surface area (TPSA) is 41.9 Å². The predicted octanol–water partition coefficient (Wildman–Crippen LogP) is 2.16. The Morgan fingerprint density at radius 3 is 3.00 bits per heavy atom. The number of methoxy groups -OCH3 is 1. The normalized spacial score (nSPS) is 14.9. The van der Waals surface area contributed by atoms with Crippen LogP contribution in [0.2, 0.25) is 0 Å². The number of aryl methyl sites for hydroxylation is 1. The number of hydrogen-bond acceptors (Lipinski definition) is 3. The van der Waals surface area contributed by atoms with Crippen molar-refractivity contribution in [3.8, 4) is 0 Å². The molecule has 0 N–H and O–H groups in total. The molecule has 0 spiro atoms. The molecule has 1 aromatic carbocycles. The number of carbonyl (C=O) groups excluding carboxylic acids is 1. The molecule has 0 fully saturated rings. The molecule has 1 heterocycles. The molecule has 4 heteroatoms. The largest absolute Gasteiger partial charge is 0.385 e. The third-order valence-corrected chi connectivity index (χ3v) is 3.11. The van der Waals surface area contributed by atoms with Gasteiger partial charge in [0, 0.05) is 26.7 Å². The number of rotatable bonds is 6. The zero-order valence-electron chi connectivity index (χ0n) is 11.6. The summed E-state index contributed by atoms with van der Waals surface area (Å²) in [6, 6.07) is 8.33. The molecule has 1 aromatic rings. The van der Waals surface area contributed by atoms with Crippen molar-refractivity contribution in [3.63, 3.8) is 0 Å². The van der Waals surface area contributed by atoms with Crippen LogP contribution < -0.4 is 0 Å². The van der Waals surface area contributed by atoms with E-state index in [4.69, 9.17) is 4.74 Å². The number of amides is 1. The van der Waals surface area contributed by atoms with E-state index in [0.717, 1.165) is 18.6 Å².